The predicted octanol–water partition coefficient (Wildman–Crippen LogP) is 1.39. The molecule has 6 nitrogen and oxygen atoms in total. The molecular formula is C13H13N3O3. The predicted molar refractivity (Wildman–Crippen MR) is 66.8 cm³/mol. The minimum Gasteiger partial charge on any atom is -0.480 e. The van der Waals surface area contributed by atoms with Crippen LogP contribution in [0, 0.1) is 6.92 Å². The molecular weight excluding hydrogens is 246 g/mol. The summed E-state index contributed by atoms with van der Waals surface area (Å²) in [5.74, 6) is 0.141. The van der Waals surface area contributed by atoms with Crippen LogP contribution in [0.25, 0.3) is 0 Å². The van der Waals surface area contributed by atoms with Gasteiger partial charge in [0.15, 0.2) is 5.82 Å². The van der Waals surface area contributed by atoms with E-state index in [1.165, 1.54) is 0 Å². The molecule has 0 aliphatic carbocycles. The molecule has 0 spiro atoms. The number of carboxylic acid groups (broad SMARTS) is 1. The molecule has 1 aliphatic heterocycles. The number of para-hydroxylation sites is 1. The second-order valence-corrected chi connectivity index (χ2v) is 4.55. The van der Waals surface area contributed by atoms with Crippen LogP contribution in [0.2, 0.25) is 0 Å². The summed E-state index contributed by atoms with van der Waals surface area (Å²) in [7, 11) is 0. The molecule has 1 aliphatic rings. The minimum atomic E-state index is -0.840. The summed E-state index contributed by atoms with van der Waals surface area (Å²) in [6.45, 7) is 2.05. The Morgan fingerprint density at radius 2 is 2.32 bits per heavy atom. The number of aryl methyl sites for hydroxylation is 1. The molecule has 3 rings (SSSR count). The normalized spacial score (nSPS) is 17.5. The third kappa shape index (κ3) is 2.05. The SMILES string of the molecule is Cc1noc(CN2c3ccccc3CC2C(=O)O)n1. The van der Waals surface area contributed by atoms with Gasteiger partial charge in [-0.05, 0) is 18.6 Å². The van der Waals surface area contributed by atoms with Crippen LogP contribution in [-0.4, -0.2) is 27.3 Å². The number of hydrogen-bond acceptors (Lipinski definition) is 5. The van der Waals surface area contributed by atoms with E-state index in [9.17, 15) is 9.90 Å². The van der Waals surface area contributed by atoms with Crippen LogP contribution in [0.4, 0.5) is 5.69 Å². The molecule has 6 heteroatoms. The maximum absolute atomic E-state index is 11.4. The van der Waals surface area contributed by atoms with Gasteiger partial charge in [0.05, 0.1) is 6.54 Å². The van der Waals surface area contributed by atoms with Gasteiger partial charge in [-0.15, -0.1) is 0 Å². The first kappa shape index (κ1) is 11.7. The van der Waals surface area contributed by atoms with E-state index in [0.29, 0.717) is 24.7 Å². The summed E-state index contributed by atoms with van der Waals surface area (Å²) in [5, 5.41) is 13.1. The van der Waals surface area contributed by atoms with Crippen molar-refractivity contribution >= 4 is 11.7 Å². The summed E-state index contributed by atoms with van der Waals surface area (Å²) in [6, 6.07) is 7.10. The van der Waals surface area contributed by atoms with E-state index in [0.717, 1.165) is 11.3 Å². The average Bonchev–Trinajstić information content (AvgIpc) is 2.95. The van der Waals surface area contributed by atoms with Crippen molar-refractivity contribution in [3.8, 4) is 0 Å². The number of fused-ring (bicyclic) bond motifs is 1. The lowest BCUT2D eigenvalue weighted by Gasteiger charge is -2.22. The third-order valence-corrected chi connectivity index (χ3v) is 3.25. The van der Waals surface area contributed by atoms with E-state index >= 15 is 0 Å². The van der Waals surface area contributed by atoms with Crippen molar-refractivity contribution in [3.63, 3.8) is 0 Å². The van der Waals surface area contributed by atoms with Gasteiger partial charge in [-0.1, -0.05) is 23.4 Å². The fraction of sp³-hybridized carbons (Fsp3) is 0.308. The van der Waals surface area contributed by atoms with Crippen molar-refractivity contribution in [1.29, 1.82) is 0 Å². The standard InChI is InChI=1S/C13H13N3O3/c1-8-14-12(19-15-8)7-16-10-5-3-2-4-9(10)6-11(16)13(17)18/h2-5,11H,6-7H2,1H3,(H,17,18). The summed E-state index contributed by atoms with van der Waals surface area (Å²) in [5.41, 5.74) is 1.96. The Kier molecular flexibility index (Phi) is 2.70. The molecule has 1 atom stereocenters. The van der Waals surface area contributed by atoms with Gasteiger partial charge in [-0.2, -0.15) is 4.98 Å². The molecule has 19 heavy (non-hydrogen) atoms. The lowest BCUT2D eigenvalue weighted by Crippen LogP contribution is -2.38. The number of rotatable bonds is 3. The first-order valence-electron chi connectivity index (χ1n) is 6.01. The molecule has 0 fully saturated rings. The van der Waals surface area contributed by atoms with E-state index < -0.39 is 12.0 Å². The highest BCUT2D eigenvalue weighted by Crippen LogP contribution is 2.33. The first-order valence-corrected chi connectivity index (χ1v) is 6.01. The Hall–Kier alpha value is -2.37. The summed E-state index contributed by atoms with van der Waals surface area (Å²) >= 11 is 0. The highest BCUT2D eigenvalue weighted by Gasteiger charge is 2.35. The number of benzene rings is 1. The van der Waals surface area contributed by atoms with Crippen LogP contribution in [0.3, 0.4) is 0 Å². The van der Waals surface area contributed by atoms with Crippen molar-refractivity contribution in [2.24, 2.45) is 0 Å². The topological polar surface area (TPSA) is 79.5 Å². The highest BCUT2D eigenvalue weighted by atomic mass is 16.5. The fourth-order valence-corrected chi connectivity index (χ4v) is 2.42. The van der Waals surface area contributed by atoms with Crippen LogP contribution in [0.1, 0.15) is 17.3 Å². The Bertz CT molecular complexity index is 623. The average molecular weight is 259 g/mol. The second-order valence-electron chi connectivity index (χ2n) is 4.55. The maximum atomic E-state index is 11.4. The zero-order chi connectivity index (χ0) is 13.4. The third-order valence-electron chi connectivity index (χ3n) is 3.25. The van der Waals surface area contributed by atoms with Crippen molar-refractivity contribution in [2.75, 3.05) is 4.90 Å². The Labute approximate surface area is 109 Å². The summed E-state index contributed by atoms with van der Waals surface area (Å²) in [4.78, 5) is 17.3. The molecule has 0 saturated heterocycles. The van der Waals surface area contributed by atoms with E-state index in [-0.39, 0.29) is 0 Å². The molecule has 98 valence electrons. The van der Waals surface area contributed by atoms with Gasteiger partial charge >= 0.3 is 5.97 Å². The molecule has 1 aromatic heterocycles. The van der Waals surface area contributed by atoms with Crippen LogP contribution >= 0.6 is 0 Å². The highest BCUT2D eigenvalue weighted by molar-refractivity contribution is 5.82. The van der Waals surface area contributed by atoms with Crippen LogP contribution in [0.5, 0.6) is 0 Å². The Morgan fingerprint density at radius 1 is 1.53 bits per heavy atom. The zero-order valence-electron chi connectivity index (χ0n) is 10.4. The number of hydrogen-bond donors (Lipinski definition) is 1. The van der Waals surface area contributed by atoms with Gasteiger partial charge in [-0.25, -0.2) is 4.79 Å². The van der Waals surface area contributed by atoms with Crippen LogP contribution < -0.4 is 4.90 Å². The smallest absolute Gasteiger partial charge is 0.326 e. The maximum Gasteiger partial charge on any atom is 0.326 e. The van der Waals surface area contributed by atoms with Crippen LogP contribution in [-0.2, 0) is 17.8 Å². The van der Waals surface area contributed by atoms with E-state index in [1.54, 1.807) is 11.8 Å². The molecule has 0 bridgehead atoms. The van der Waals surface area contributed by atoms with Gasteiger partial charge in [0.25, 0.3) is 0 Å². The lowest BCUT2D eigenvalue weighted by atomic mass is 10.1. The van der Waals surface area contributed by atoms with Crippen molar-refractivity contribution in [1.82, 2.24) is 10.1 Å². The summed E-state index contributed by atoms with van der Waals surface area (Å²) in [6.07, 6.45) is 0.499. The van der Waals surface area contributed by atoms with E-state index in [4.69, 9.17) is 4.52 Å². The van der Waals surface area contributed by atoms with Gasteiger partial charge < -0.3 is 14.5 Å². The quantitative estimate of drug-likeness (QED) is 0.897. The van der Waals surface area contributed by atoms with Gasteiger partial charge in [-0.3, -0.25) is 0 Å². The molecule has 0 radical (unpaired) electrons. The minimum absolute atomic E-state index is 0.314. The molecule has 0 amide bonds. The number of carboxylic acids is 1. The monoisotopic (exact) mass is 259 g/mol. The molecule has 2 aromatic rings. The van der Waals surface area contributed by atoms with E-state index in [2.05, 4.69) is 10.1 Å². The van der Waals surface area contributed by atoms with Crippen molar-refractivity contribution < 1.29 is 14.4 Å². The van der Waals surface area contributed by atoms with Gasteiger partial charge in [0, 0.05) is 12.1 Å². The number of aliphatic carboxylic acids is 1. The Balaban J connectivity index is 1.93. The molecule has 1 unspecified atom stereocenters. The molecule has 1 N–H and O–H groups in total. The van der Waals surface area contributed by atoms with Gasteiger partial charge in [0.2, 0.25) is 5.89 Å². The second kappa shape index (κ2) is 4.38. The lowest BCUT2D eigenvalue weighted by molar-refractivity contribution is -0.138. The number of anilines is 1. The number of carbonyl (C=O) groups is 1. The molecule has 0 saturated carbocycles. The number of nitrogens with zero attached hydrogens (tertiary/aromatic N) is 3. The molecule has 1 aromatic carbocycles. The van der Waals surface area contributed by atoms with E-state index in [1.807, 2.05) is 24.3 Å². The molecule has 2 heterocycles. The number of aromatic nitrogens is 2. The van der Waals surface area contributed by atoms with Crippen LogP contribution in [0.15, 0.2) is 28.8 Å². The van der Waals surface area contributed by atoms with Gasteiger partial charge in [0.1, 0.15) is 6.04 Å². The summed E-state index contributed by atoms with van der Waals surface area (Å²) < 4.78 is 5.07. The first-order chi connectivity index (χ1) is 9.15. The largest absolute Gasteiger partial charge is 0.480 e. The zero-order valence-corrected chi connectivity index (χ0v) is 10.4. The fourth-order valence-electron chi connectivity index (χ4n) is 2.42. The van der Waals surface area contributed by atoms with Crippen molar-refractivity contribution in [2.45, 2.75) is 25.9 Å². The Morgan fingerprint density at radius 3 is 3.00 bits per heavy atom. The van der Waals surface area contributed by atoms with Crippen molar-refractivity contribution in [3.05, 3.63) is 41.5 Å².